The van der Waals surface area contributed by atoms with Crippen LogP contribution in [0.5, 0.6) is 5.75 Å². The van der Waals surface area contributed by atoms with Crippen LogP contribution in [0, 0.1) is 0 Å². The van der Waals surface area contributed by atoms with Gasteiger partial charge < -0.3 is 4.74 Å². The monoisotopic (exact) mass is 295 g/mol. The van der Waals surface area contributed by atoms with Crippen molar-refractivity contribution in [3.05, 3.63) is 54.1 Å². The molecule has 0 spiro atoms. The minimum Gasteiger partial charge on any atom is -0.494 e. The Labute approximate surface area is 129 Å². The van der Waals surface area contributed by atoms with Crippen LogP contribution in [-0.2, 0) is 4.79 Å². The third kappa shape index (κ3) is 2.48. The molecule has 1 amide bonds. The number of Topliss-reactive ketones (excluding diaryl/α,β-unsaturated/α-hetero) is 1. The maximum atomic E-state index is 12.2. The molecule has 1 aliphatic rings. The number of carbonyl (C=O) groups excluding carboxylic acids is 2. The molecule has 1 heterocycles. The minimum absolute atomic E-state index is 0.454. The van der Waals surface area contributed by atoms with Crippen molar-refractivity contribution in [3.8, 4) is 5.75 Å². The molecule has 2 aromatic rings. The number of fused-ring (bicyclic) bond motifs is 1. The maximum absolute atomic E-state index is 12.2. The fraction of sp³-hybridized carbons (Fsp3) is 0.222. The van der Waals surface area contributed by atoms with Gasteiger partial charge in [0.15, 0.2) is 0 Å². The van der Waals surface area contributed by atoms with E-state index >= 15 is 0 Å². The van der Waals surface area contributed by atoms with Gasteiger partial charge >= 0.3 is 5.91 Å². The van der Waals surface area contributed by atoms with Gasteiger partial charge in [-0.3, -0.25) is 14.5 Å². The number of amides is 1. The number of unbranched alkanes of at least 4 members (excludes halogenated alkanes) is 1. The van der Waals surface area contributed by atoms with Crippen LogP contribution >= 0.6 is 0 Å². The number of nitrogens with zero attached hydrogens (tertiary/aromatic N) is 1. The summed E-state index contributed by atoms with van der Waals surface area (Å²) in [6.45, 7) is 2.79. The van der Waals surface area contributed by atoms with Crippen LogP contribution in [0.2, 0.25) is 0 Å². The van der Waals surface area contributed by atoms with Gasteiger partial charge in [0.2, 0.25) is 0 Å². The molecule has 0 saturated carbocycles. The van der Waals surface area contributed by atoms with Gasteiger partial charge in [-0.1, -0.05) is 25.5 Å². The van der Waals surface area contributed by atoms with Crippen molar-refractivity contribution in [2.45, 2.75) is 19.8 Å². The second-order valence-electron chi connectivity index (χ2n) is 5.18. The zero-order chi connectivity index (χ0) is 15.5. The van der Waals surface area contributed by atoms with Crippen LogP contribution in [0.4, 0.5) is 11.4 Å². The van der Waals surface area contributed by atoms with Crippen molar-refractivity contribution in [1.29, 1.82) is 0 Å². The number of hydrogen-bond acceptors (Lipinski definition) is 3. The minimum atomic E-state index is -0.513. The molecular weight excluding hydrogens is 278 g/mol. The van der Waals surface area contributed by atoms with E-state index in [4.69, 9.17) is 4.74 Å². The second kappa shape index (κ2) is 6.02. The van der Waals surface area contributed by atoms with Crippen molar-refractivity contribution in [2.75, 3.05) is 11.5 Å². The molecule has 0 fully saturated rings. The summed E-state index contributed by atoms with van der Waals surface area (Å²) in [5.41, 5.74) is 1.76. The number of rotatable bonds is 5. The summed E-state index contributed by atoms with van der Waals surface area (Å²) in [6, 6.07) is 14.3. The quantitative estimate of drug-likeness (QED) is 0.624. The molecule has 0 unspecified atom stereocenters. The average molecular weight is 295 g/mol. The van der Waals surface area contributed by atoms with E-state index in [0.29, 0.717) is 23.5 Å². The molecule has 1 aliphatic heterocycles. The zero-order valence-electron chi connectivity index (χ0n) is 12.4. The number of para-hydroxylation sites is 1. The normalized spacial score (nSPS) is 13.4. The first-order valence-electron chi connectivity index (χ1n) is 7.43. The lowest BCUT2D eigenvalue weighted by atomic mass is 10.1. The highest BCUT2D eigenvalue weighted by Gasteiger charge is 2.36. The molecule has 4 nitrogen and oxygen atoms in total. The molecule has 0 aliphatic carbocycles. The Bertz CT molecular complexity index is 707. The number of benzene rings is 2. The molecule has 0 atom stereocenters. The number of ketones is 1. The number of carbonyl (C=O) groups is 2. The lowest BCUT2D eigenvalue weighted by Gasteiger charge is -2.17. The molecule has 0 saturated heterocycles. The van der Waals surface area contributed by atoms with E-state index in [1.807, 2.05) is 18.2 Å². The van der Waals surface area contributed by atoms with Crippen LogP contribution in [0.1, 0.15) is 30.1 Å². The van der Waals surface area contributed by atoms with Gasteiger partial charge in [0, 0.05) is 5.69 Å². The molecule has 0 N–H and O–H groups in total. The first-order chi connectivity index (χ1) is 10.7. The zero-order valence-corrected chi connectivity index (χ0v) is 12.4. The summed E-state index contributed by atoms with van der Waals surface area (Å²) in [5.74, 6) is -0.205. The Morgan fingerprint density at radius 1 is 1.00 bits per heavy atom. The smallest absolute Gasteiger partial charge is 0.304 e. The predicted octanol–water partition coefficient (Wildman–Crippen LogP) is 3.73. The fourth-order valence-corrected chi connectivity index (χ4v) is 2.47. The number of anilines is 2. The van der Waals surface area contributed by atoms with Gasteiger partial charge in [0.05, 0.1) is 17.9 Å². The molecule has 0 aromatic heterocycles. The van der Waals surface area contributed by atoms with E-state index in [2.05, 4.69) is 6.92 Å². The maximum Gasteiger partial charge on any atom is 0.304 e. The van der Waals surface area contributed by atoms with Crippen molar-refractivity contribution in [1.82, 2.24) is 0 Å². The van der Waals surface area contributed by atoms with Crippen molar-refractivity contribution in [3.63, 3.8) is 0 Å². The highest BCUT2D eigenvalue weighted by molar-refractivity contribution is 6.53. The third-order valence-electron chi connectivity index (χ3n) is 3.65. The van der Waals surface area contributed by atoms with Crippen LogP contribution in [0.15, 0.2) is 48.5 Å². The molecule has 4 heteroatoms. The van der Waals surface area contributed by atoms with Gasteiger partial charge in [0.1, 0.15) is 5.75 Å². The topological polar surface area (TPSA) is 46.6 Å². The Hall–Kier alpha value is -2.62. The lowest BCUT2D eigenvalue weighted by Crippen LogP contribution is -2.24. The average Bonchev–Trinajstić information content (AvgIpc) is 2.81. The van der Waals surface area contributed by atoms with Crippen molar-refractivity contribution >= 4 is 23.1 Å². The molecule has 0 bridgehead atoms. The van der Waals surface area contributed by atoms with Crippen molar-refractivity contribution < 1.29 is 14.3 Å². The predicted molar refractivity (Wildman–Crippen MR) is 84.8 cm³/mol. The molecule has 22 heavy (non-hydrogen) atoms. The van der Waals surface area contributed by atoms with Crippen LogP contribution in [-0.4, -0.2) is 18.3 Å². The van der Waals surface area contributed by atoms with Gasteiger partial charge in [-0.05, 0) is 42.8 Å². The second-order valence-corrected chi connectivity index (χ2v) is 5.18. The Kier molecular flexibility index (Phi) is 3.92. The lowest BCUT2D eigenvalue weighted by molar-refractivity contribution is -0.113. The molecule has 3 rings (SSSR count). The van der Waals surface area contributed by atoms with Gasteiger partial charge in [0.25, 0.3) is 5.78 Å². The van der Waals surface area contributed by atoms with Crippen LogP contribution in [0.3, 0.4) is 0 Å². The Morgan fingerprint density at radius 2 is 1.73 bits per heavy atom. The van der Waals surface area contributed by atoms with E-state index in [9.17, 15) is 9.59 Å². The van der Waals surface area contributed by atoms with E-state index in [1.165, 1.54) is 4.90 Å². The van der Waals surface area contributed by atoms with E-state index in [1.54, 1.807) is 30.3 Å². The Balaban J connectivity index is 1.85. The summed E-state index contributed by atoms with van der Waals surface area (Å²) < 4.78 is 5.61. The highest BCUT2D eigenvalue weighted by atomic mass is 16.5. The summed E-state index contributed by atoms with van der Waals surface area (Å²) >= 11 is 0. The molecule has 0 radical (unpaired) electrons. The number of ether oxygens (including phenoxy) is 1. The van der Waals surface area contributed by atoms with E-state index < -0.39 is 11.7 Å². The van der Waals surface area contributed by atoms with Gasteiger partial charge in [-0.15, -0.1) is 0 Å². The first kappa shape index (κ1) is 14.3. The standard InChI is InChI=1S/C18H17NO3/c1-2-3-12-22-14-10-8-13(9-11-14)19-16-7-5-4-6-15(16)17(20)18(19)21/h4-11H,2-3,12H2,1H3. The fourth-order valence-electron chi connectivity index (χ4n) is 2.47. The summed E-state index contributed by atoms with van der Waals surface area (Å²) in [4.78, 5) is 25.7. The summed E-state index contributed by atoms with van der Waals surface area (Å²) in [7, 11) is 0. The SMILES string of the molecule is CCCCOc1ccc(N2C(=O)C(=O)c3ccccc32)cc1. The number of hydrogen-bond donors (Lipinski definition) is 0. The van der Waals surface area contributed by atoms with Crippen LogP contribution in [0.25, 0.3) is 0 Å². The highest BCUT2D eigenvalue weighted by Crippen LogP contribution is 2.35. The molecule has 112 valence electrons. The van der Waals surface area contributed by atoms with Gasteiger partial charge in [-0.2, -0.15) is 0 Å². The summed E-state index contributed by atoms with van der Waals surface area (Å²) in [5, 5.41) is 0. The van der Waals surface area contributed by atoms with Gasteiger partial charge in [-0.25, -0.2) is 0 Å². The Morgan fingerprint density at radius 3 is 2.45 bits per heavy atom. The largest absolute Gasteiger partial charge is 0.494 e. The molecular formula is C18H17NO3. The third-order valence-corrected chi connectivity index (χ3v) is 3.65. The van der Waals surface area contributed by atoms with E-state index in [0.717, 1.165) is 18.6 Å². The van der Waals surface area contributed by atoms with Crippen LogP contribution < -0.4 is 9.64 Å². The van der Waals surface area contributed by atoms with E-state index in [-0.39, 0.29) is 0 Å². The first-order valence-corrected chi connectivity index (χ1v) is 7.43. The molecule has 2 aromatic carbocycles. The summed E-state index contributed by atoms with van der Waals surface area (Å²) in [6.07, 6.45) is 2.09. The van der Waals surface area contributed by atoms with Crippen molar-refractivity contribution in [2.24, 2.45) is 0 Å².